The molecule has 27 heavy (non-hydrogen) atoms. The number of hydrogen-bond acceptors (Lipinski definition) is 7. The van der Waals surface area contributed by atoms with Gasteiger partial charge in [0, 0.05) is 37.6 Å². The molecule has 1 aromatic heterocycles. The van der Waals surface area contributed by atoms with Crippen molar-refractivity contribution in [3.05, 3.63) is 17.5 Å². The van der Waals surface area contributed by atoms with Crippen LogP contribution >= 0.6 is 0 Å². The van der Waals surface area contributed by atoms with E-state index in [1.54, 1.807) is 17.9 Å². The van der Waals surface area contributed by atoms with E-state index >= 15 is 0 Å². The van der Waals surface area contributed by atoms with Crippen LogP contribution in [-0.2, 0) is 35.4 Å². The second-order valence-electron chi connectivity index (χ2n) is 7.06. The molecule has 0 bridgehead atoms. The van der Waals surface area contributed by atoms with Crippen LogP contribution in [0.5, 0.6) is 0 Å². The van der Waals surface area contributed by atoms with Crippen molar-refractivity contribution in [1.82, 2.24) is 10.1 Å². The molecule has 0 N–H and O–H groups in total. The highest BCUT2D eigenvalue weighted by atomic mass is 32.2. The molecular weight excluding hydrogens is 374 g/mol. The van der Waals surface area contributed by atoms with Crippen molar-refractivity contribution in [3.8, 4) is 0 Å². The Morgan fingerprint density at radius 3 is 2.78 bits per heavy atom. The lowest BCUT2D eigenvalue weighted by molar-refractivity contribution is -0.156. The summed E-state index contributed by atoms with van der Waals surface area (Å²) in [5.41, 5.74) is 0.139. The Kier molecular flexibility index (Phi) is 5.97. The molecule has 0 atom stereocenters. The zero-order chi connectivity index (χ0) is 19.5. The molecule has 2 aliphatic rings. The van der Waals surface area contributed by atoms with Gasteiger partial charge in [0.1, 0.15) is 18.1 Å². The number of rotatable bonds is 4. The van der Waals surface area contributed by atoms with Crippen LogP contribution in [0.1, 0.15) is 31.2 Å². The van der Waals surface area contributed by atoms with Gasteiger partial charge in [-0.15, -0.1) is 0 Å². The van der Waals surface area contributed by atoms with E-state index in [1.807, 2.05) is 0 Å². The van der Waals surface area contributed by atoms with Gasteiger partial charge in [0.05, 0.1) is 28.5 Å². The van der Waals surface area contributed by atoms with Crippen molar-refractivity contribution in [1.29, 1.82) is 0 Å². The molecule has 0 aliphatic carbocycles. The van der Waals surface area contributed by atoms with Gasteiger partial charge in [0.15, 0.2) is 0 Å². The Labute approximate surface area is 158 Å². The van der Waals surface area contributed by atoms with Crippen LogP contribution in [0.2, 0.25) is 0 Å². The van der Waals surface area contributed by atoms with E-state index in [-0.39, 0.29) is 19.1 Å². The van der Waals surface area contributed by atoms with E-state index in [2.05, 4.69) is 9.52 Å². The fourth-order valence-electron chi connectivity index (χ4n) is 3.42. The third-order valence-corrected chi connectivity index (χ3v) is 7.08. The average molecular weight is 399 g/mol. The van der Waals surface area contributed by atoms with Crippen molar-refractivity contribution in [2.45, 2.75) is 38.9 Å². The van der Waals surface area contributed by atoms with Crippen molar-refractivity contribution in [2.75, 3.05) is 37.8 Å². The van der Waals surface area contributed by atoms with Crippen LogP contribution in [0.25, 0.3) is 0 Å². The molecule has 0 aromatic carbocycles. The lowest BCUT2D eigenvalue weighted by Crippen LogP contribution is -2.57. The van der Waals surface area contributed by atoms with Crippen LogP contribution in [0, 0.1) is 6.92 Å². The molecule has 0 saturated carbocycles. The lowest BCUT2D eigenvalue weighted by atomic mass is 9.94. The molecular formula is C17H25N3O6S. The normalized spacial score (nSPS) is 28.3. The highest BCUT2D eigenvalue weighted by molar-refractivity contribution is 7.93. The Morgan fingerprint density at radius 2 is 2.15 bits per heavy atom. The first-order valence-corrected chi connectivity index (χ1v) is 10.8. The van der Waals surface area contributed by atoms with Gasteiger partial charge in [0.25, 0.3) is 5.91 Å². The van der Waals surface area contributed by atoms with E-state index in [4.69, 9.17) is 14.0 Å². The van der Waals surface area contributed by atoms with Crippen LogP contribution in [0.15, 0.2) is 15.0 Å². The second kappa shape index (κ2) is 8.07. The molecule has 1 spiro atoms. The number of amides is 2. The monoisotopic (exact) mass is 399 g/mol. The van der Waals surface area contributed by atoms with Crippen LogP contribution in [0.3, 0.4) is 0 Å². The van der Waals surface area contributed by atoms with Crippen molar-refractivity contribution >= 4 is 21.5 Å². The van der Waals surface area contributed by atoms with Gasteiger partial charge in [-0.05, 0) is 19.8 Å². The number of aryl methyl sites for hydroxylation is 1. The Bertz CT molecular complexity index is 812. The summed E-state index contributed by atoms with van der Waals surface area (Å²) in [7, 11) is -2.49. The maximum Gasteiger partial charge on any atom is 0.250 e. The molecule has 2 amide bonds. The topological polar surface area (TPSA) is 111 Å². The summed E-state index contributed by atoms with van der Waals surface area (Å²) in [5.74, 6) is 0.808. The molecule has 3 rings (SSSR count). The minimum absolute atomic E-state index is 0.0433. The Balaban J connectivity index is 1.52. The quantitative estimate of drug-likeness (QED) is 0.740. The molecule has 150 valence electrons. The van der Waals surface area contributed by atoms with Crippen molar-refractivity contribution < 1.29 is 27.8 Å². The maximum atomic E-state index is 12.6. The zero-order valence-electron chi connectivity index (χ0n) is 15.6. The molecule has 9 nitrogen and oxygen atoms in total. The minimum atomic E-state index is -2.49. The van der Waals surface area contributed by atoms with Gasteiger partial charge in [-0.25, -0.2) is 4.21 Å². The minimum Gasteiger partial charge on any atom is -0.371 e. The summed E-state index contributed by atoms with van der Waals surface area (Å²) in [6, 6.07) is 1.76. The summed E-state index contributed by atoms with van der Waals surface area (Å²) in [5, 5.41) is 3.82. The van der Waals surface area contributed by atoms with Crippen molar-refractivity contribution in [2.24, 2.45) is 4.36 Å². The Hall–Kier alpha value is -1.78. The molecule has 1 aromatic rings. The third-order valence-electron chi connectivity index (χ3n) is 4.80. The standard InChI is InChI=1S/C17H25N3O6S/c1-13-9-15(18-26-13)10-24-11-16(22)20-5-6-25-17(12-20)3-7-27(23,8-4-17)19-14(2)21/h9H,3-8,10-12H2,1-2H3. The van der Waals surface area contributed by atoms with Crippen molar-refractivity contribution in [3.63, 3.8) is 0 Å². The lowest BCUT2D eigenvalue weighted by Gasteiger charge is -2.45. The van der Waals surface area contributed by atoms with Crippen LogP contribution < -0.4 is 0 Å². The van der Waals surface area contributed by atoms with E-state index < -0.39 is 21.2 Å². The number of hydrogen-bond donors (Lipinski definition) is 0. The third kappa shape index (κ3) is 5.14. The van der Waals surface area contributed by atoms with E-state index in [0.717, 1.165) is 0 Å². The fourth-order valence-corrected chi connectivity index (χ4v) is 5.66. The summed E-state index contributed by atoms with van der Waals surface area (Å²) < 4.78 is 32.7. The van der Waals surface area contributed by atoms with Gasteiger partial charge >= 0.3 is 0 Å². The van der Waals surface area contributed by atoms with E-state index in [1.165, 1.54) is 6.92 Å². The van der Waals surface area contributed by atoms with Gasteiger partial charge in [-0.3, -0.25) is 9.59 Å². The fraction of sp³-hybridized carbons (Fsp3) is 0.706. The summed E-state index contributed by atoms with van der Waals surface area (Å²) in [6.45, 7) is 4.65. The molecule has 0 radical (unpaired) electrons. The number of aromatic nitrogens is 1. The number of ether oxygens (including phenoxy) is 2. The number of nitrogens with zero attached hydrogens (tertiary/aromatic N) is 3. The summed E-state index contributed by atoms with van der Waals surface area (Å²) >= 11 is 0. The molecule has 2 aliphatic heterocycles. The van der Waals surface area contributed by atoms with E-state index in [0.29, 0.717) is 55.5 Å². The van der Waals surface area contributed by atoms with Gasteiger partial charge in [0.2, 0.25) is 5.91 Å². The predicted molar refractivity (Wildman–Crippen MR) is 96.4 cm³/mol. The second-order valence-corrected chi connectivity index (χ2v) is 9.60. The first kappa shape index (κ1) is 20.0. The zero-order valence-corrected chi connectivity index (χ0v) is 16.5. The molecule has 3 heterocycles. The number of carbonyl (C=O) groups is 2. The first-order valence-electron chi connectivity index (χ1n) is 8.94. The highest BCUT2D eigenvalue weighted by Crippen LogP contribution is 2.32. The largest absolute Gasteiger partial charge is 0.371 e. The average Bonchev–Trinajstić information content (AvgIpc) is 3.03. The highest BCUT2D eigenvalue weighted by Gasteiger charge is 2.42. The van der Waals surface area contributed by atoms with Gasteiger partial charge < -0.3 is 18.9 Å². The number of morpholine rings is 1. The summed E-state index contributed by atoms with van der Waals surface area (Å²) in [4.78, 5) is 25.4. The molecule has 2 fully saturated rings. The van der Waals surface area contributed by atoms with Crippen LogP contribution in [0.4, 0.5) is 0 Å². The van der Waals surface area contributed by atoms with Gasteiger partial charge in [-0.1, -0.05) is 5.16 Å². The van der Waals surface area contributed by atoms with E-state index in [9.17, 15) is 13.8 Å². The van der Waals surface area contributed by atoms with Crippen LogP contribution in [-0.4, -0.2) is 69.5 Å². The molecule has 0 unspecified atom stereocenters. The first-order chi connectivity index (χ1) is 12.8. The predicted octanol–water partition coefficient (Wildman–Crippen LogP) is 0.906. The molecule has 2 saturated heterocycles. The van der Waals surface area contributed by atoms with Gasteiger partial charge in [-0.2, -0.15) is 4.36 Å². The SMILES string of the molecule is CC(=O)N=S1(=O)CCC2(CC1)CN(C(=O)COCc1cc(C)on1)CCO2. The summed E-state index contributed by atoms with van der Waals surface area (Å²) in [6.07, 6.45) is 1.04. The Morgan fingerprint density at radius 1 is 1.41 bits per heavy atom. The smallest absolute Gasteiger partial charge is 0.250 e. The maximum absolute atomic E-state index is 12.6. The number of carbonyl (C=O) groups excluding carboxylic acids is 2. The molecule has 10 heteroatoms.